The minimum atomic E-state index is -0.304. The van der Waals surface area contributed by atoms with E-state index in [1.54, 1.807) is 17.0 Å². The second-order valence-corrected chi connectivity index (χ2v) is 7.08. The zero-order chi connectivity index (χ0) is 18.5. The molecule has 0 spiro atoms. The van der Waals surface area contributed by atoms with Gasteiger partial charge in [0, 0.05) is 25.0 Å². The van der Waals surface area contributed by atoms with Gasteiger partial charge in [0.25, 0.3) is 0 Å². The van der Waals surface area contributed by atoms with Crippen LogP contribution in [0.25, 0.3) is 0 Å². The van der Waals surface area contributed by atoms with E-state index in [1.165, 1.54) is 18.6 Å². The van der Waals surface area contributed by atoms with Crippen molar-refractivity contribution in [3.8, 4) is 0 Å². The van der Waals surface area contributed by atoms with Crippen LogP contribution >= 0.6 is 0 Å². The van der Waals surface area contributed by atoms with Crippen molar-refractivity contribution in [1.29, 1.82) is 0 Å². The first-order valence-corrected chi connectivity index (χ1v) is 9.39. The van der Waals surface area contributed by atoms with Gasteiger partial charge in [0.05, 0.1) is 6.54 Å². The molecule has 0 radical (unpaired) electrons. The molecule has 3 unspecified atom stereocenters. The molecule has 1 saturated carbocycles. The van der Waals surface area contributed by atoms with Crippen molar-refractivity contribution >= 4 is 11.8 Å². The predicted molar refractivity (Wildman–Crippen MR) is 96.3 cm³/mol. The smallest absolute Gasteiger partial charge is 0.241 e. The summed E-state index contributed by atoms with van der Waals surface area (Å²) < 4.78 is 12.9. The number of fused-ring (bicyclic) bond motifs is 1. The van der Waals surface area contributed by atoms with Crippen LogP contribution in [0.4, 0.5) is 4.39 Å². The summed E-state index contributed by atoms with van der Waals surface area (Å²) in [7, 11) is 0. The third-order valence-electron chi connectivity index (χ3n) is 5.37. The van der Waals surface area contributed by atoms with E-state index in [9.17, 15) is 14.0 Å². The Labute approximate surface area is 153 Å². The number of rotatable bonds is 6. The molecule has 6 nitrogen and oxygen atoms in total. The number of nitrogens with one attached hydrogen (secondary N) is 3. The van der Waals surface area contributed by atoms with Gasteiger partial charge in [-0.2, -0.15) is 0 Å². The lowest BCUT2D eigenvalue weighted by molar-refractivity contribution is -0.138. The summed E-state index contributed by atoms with van der Waals surface area (Å²) in [5.41, 5.74) is 7.21. The molecule has 1 saturated heterocycles. The van der Waals surface area contributed by atoms with E-state index in [0.717, 1.165) is 24.8 Å². The summed E-state index contributed by atoms with van der Waals surface area (Å²) in [5, 5.41) is 2.79. The van der Waals surface area contributed by atoms with Crippen molar-refractivity contribution in [2.75, 3.05) is 13.1 Å². The summed E-state index contributed by atoms with van der Waals surface area (Å²) in [6.45, 7) is 2.72. The Hall–Kier alpha value is -1.99. The van der Waals surface area contributed by atoms with Crippen LogP contribution in [-0.4, -0.2) is 41.9 Å². The van der Waals surface area contributed by atoms with Gasteiger partial charge in [-0.1, -0.05) is 25.0 Å². The number of halogens is 1. The molecule has 2 aliphatic rings. The van der Waals surface area contributed by atoms with E-state index in [1.807, 2.05) is 6.92 Å². The van der Waals surface area contributed by atoms with Crippen molar-refractivity contribution in [2.24, 2.45) is 5.92 Å². The second kappa shape index (κ2) is 8.60. The van der Waals surface area contributed by atoms with Crippen LogP contribution in [0.5, 0.6) is 0 Å². The van der Waals surface area contributed by atoms with Crippen molar-refractivity contribution in [2.45, 2.75) is 51.2 Å². The lowest BCUT2D eigenvalue weighted by Crippen LogP contribution is -2.50. The van der Waals surface area contributed by atoms with E-state index in [2.05, 4.69) is 16.2 Å². The van der Waals surface area contributed by atoms with Crippen LogP contribution in [0, 0.1) is 11.7 Å². The lowest BCUT2D eigenvalue weighted by atomic mass is 9.81. The molecule has 3 rings (SSSR count). The fourth-order valence-corrected chi connectivity index (χ4v) is 3.86. The highest BCUT2D eigenvalue weighted by Crippen LogP contribution is 2.30. The number of benzene rings is 1. The quantitative estimate of drug-likeness (QED) is 0.714. The number of carbonyl (C=O) groups is 2. The maximum Gasteiger partial charge on any atom is 0.241 e. The van der Waals surface area contributed by atoms with E-state index in [4.69, 9.17) is 0 Å². The van der Waals surface area contributed by atoms with Crippen LogP contribution in [0.1, 0.15) is 38.2 Å². The zero-order valence-corrected chi connectivity index (χ0v) is 15.1. The largest absolute Gasteiger partial charge is 0.350 e. The normalized spacial score (nSPS) is 24.8. The SMILES string of the molecule is CCN(CC(=O)NCc1ccc(F)cc1)C(=O)C1NNC2CCCCC21. The number of hydrogen-bond donors (Lipinski definition) is 3. The van der Waals surface area contributed by atoms with Gasteiger partial charge >= 0.3 is 0 Å². The van der Waals surface area contributed by atoms with Crippen LogP contribution in [0.15, 0.2) is 24.3 Å². The van der Waals surface area contributed by atoms with Crippen molar-refractivity contribution in [3.63, 3.8) is 0 Å². The molecular formula is C19H27FN4O2. The average molecular weight is 362 g/mol. The summed E-state index contributed by atoms with van der Waals surface area (Å²) in [6.07, 6.45) is 4.47. The fraction of sp³-hybridized carbons (Fsp3) is 0.579. The van der Waals surface area contributed by atoms with Crippen LogP contribution < -0.4 is 16.2 Å². The lowest BCUT2D eigenvalue weighted by Gasteiger charge is -2.30. The molecule has 1 aliphatic heterocycles. The van der Waals surface area contributed by atoms with Gasteiger partial charge < -0.3 is 10.2 Å². The van der Waals surface area contributed by atoms with Gasteiger partial charge in [-0.3, -0.25) is 15.0 Å². The van der Waals surface area contributed by atoms with Gasteiger partial charge in [-0.05, 0) is 37.5 Å². The molecule has 7 heteroatoms. The molecule has 2 amide bonds. The minimum Gasteiger partial charge on any atom is -0.350 e. The fourth-order valence-electron chi connectivity index (χ4n) is 3.86. The van der Waals surface area contributed by atoms with Crippen LogP contribution in [0.2, 0.25) is 0 Å². The van der Waals surface area contributed by atoms with Gasteiger partial charge in [-0.25, -0.2) is 9.82 Å². The van der Waals surface area contributed by atoms with Crippen LogP contribution in [-0.2, 0) is 16.1 Å². The first-order valence-electron chi connectivity index (χ1n) is 9.39. The topological polar surface area (TPSA) is 73.5 Å². The second-order valence-electron chi connectivity index (χ2n) is 7.08. The van der Waals surface area contributed by atoms with Crippen molar-refractivity contribution < 1.29 is 14.0 Å². The third kappa shape index (κ3) is 4.40. The molecule has 1 heterocycles. The number of carbonyl (C=O) groups excluding carboxylic acids is 2. The van der Waals surface area contributed by atoms with Crippen molar-refractivity contribution in [1.82, 2.24) is 21.1 Å². The summed E-state index contributed by atoms with van der Waals surface area (Å²) >= 11 is 0. The van der Waals surface area contributed by atoms with Crippen LogP contribution in [0.3, 0.4) is 0 Å². The van der Waals surface area contributed by atoms with Gasteiger partial charge in [0.2, 0.25) is 11.8 Å². The van der Waals surface area contributed by atoms with Gasteiger partial charge in [0.1, 0.15) is 11.9 Å². The maximum atomic E-state index is 12.9. The van der Waals surface area contributed by atoms with E-state index < -0.39 is 0 Å². The number of amides is 2. The monoisotopic (exact) mass is 362 g/mol. The highest BCUT2D eigenvalue weighted by atomic mass is 19.1. The highest BCUT2D eigenvalue weighted by molar-refractivity contribution is 5.88. The highest BCUT2D eigenvalue weighted by Gasteiger charge is 2.42. The Morgan fingerprint density at radius 3 is 2.65 bits per heavy atom. The molecule has 2 fully saturated rings. The Bertz CT molecular complexity index is 637. The predicted octanol–water partition coefficient (Wildman–Crippen LogP) is 1.33. The first kappa shape index (κ1) is 18.8. The minimum absolute atomic E-state index is 0.0219. The van der Waals surface area contributed by atoms with E-state index in [0.29, 0.717) is 25.0 Å². The van der Waals surface area contributed by atoms with E-state index >= 15 is 0 Å². The summed E-state index contributed by atoms with van der Waals surface area (Å²) in [5.74, 6) is -0.240. The summed E-state index contributed by atoms with van der Waals surface area (Å²) in [6, 6.07) is 6.09. The Balaban J connectivity index is 1.52. The molecule has 1 aromatic rings. The molecule has 3 atom stereocenters. The van der Waals surface area contributed by atoms with Crippen molar-refractivity contribution in [3.05, 3.63) is 35.6 Å². The molecule has 0 bridgehead atoms. The van der Waals surface area contributed by atoms with Gasteiger partial charge in [-0.15, -0.1) is 0 Å². The maximum absolute atomic E-state index is 12.9. The molecule has 142 valence electrons. The molecule has 1 aromatic carbocycles. The number of hydrogen-bond acceptors (Lipinski definition) is 4. The number of nitrogens with zero attached hydrogens (tertiary/aromatic N) is 1. The molecule has 26 heavy (non-hydrogen) atoms. The Morgan fingerprint density at radius 2 is 1.92 bits per heavy atom. The number of hydrazine groups is 1. The Kier molecular flexibility index (Phi) is 6.21. The first-order chi connectivity index (χ1) is 12.6. The molecule has 3 N–H and O–H groups in total. The summed E-state index contributed by atoms with van der Waals surface area (Å²) in [4.78, 5) is 26.7. The van der Waals surface area contributed by atoms with Gasteiger partial charge in [0.15, 0.2) is 0 Å². The van der Waals surface area contributed by atoms with E-state index in [-0.39, 0.29) is 30.2 Å². The molecular weight excluding hydrogens is 335 g/mol. The Morgan fingerprint density at radius 1 is 1.19 bits per heavy atom. The standard InChI is InChI=1S/C19H27FN4O2/c1-2-24(12-17(25)21-11-13-7-9-14(20)10-8-13)19(26)18-15-5-3-4-6-16(15)22-23-18/h7-10,15-16,18,22-23H,2-6,11-12H2,1H3,(H,21,25). The molecule has 1 aliphatic carbocycles. The number of likely N-dealkylation sites (N-methyl/N-ethyl adjacent to an activating group) is 1. The average Bonchev–Trinajstić information content (AvgIpc) is 3.09. The third-order valence-corrected chi connectivity index (χ3v) is 5.37. The zero-order valence-electron chi connectivity index (χ0n) is 15.1. The molecule has 0 aromatic heterocycles.